The average molecular weight is 492 g/mol. The first-order chi connectivity index (χ1) is 17.2. The standard InChI is InChI=1S/C28H33N3O5/c1-17-12-13-21-22(30(17)27(34)36-3)14-15-23-24(21)29-26(28(2,35)19-9-5-4-6-10-19)31(23)20-11-7-8-18(16-20)25(32)33/h4-6,9-10,14-15,17-18,20,35H,7-8,11-13,16H2,1-3H3,(H,32,33)/t17-,18+,20+,28+/m0/s1. The molecule has 1 fully saturated rings. The number of hydrogen-bond donors (Lipinski definition) is 2. The van der Waals surface area contributed by atoms with Crippen LogP contribution in [0, 0.1) is 5.92 Å². The lowest BCUT2D eigenvalue weighted by Gasteiger charge is -2.34. The number of ether oxygens (including phenoxy) is 1. The van der Waals surface area contributed by atoms with E-state index in [-0.39, 0.29) is 12.1 Å². The molecule has 2 heterocycles. The summed E-state index contributed by atoms with van der Waals surface area (Å²) in [4.78, 5) is 31.2. The maximum Gasteiger partial charge on any atom is 0.414 e. The van der Waals surface area contributed by atoms with E-state index in [1.807, 2.05) is 49.4 Å². The fraction of sp³-hybridized carbons (Fsp3) is 0.464. The smallest absolute Gasteiger partial charge is 0.414 e. The first-order valence-corrected chi connectivity index (χ1v) is 12.7. The number of amides is 1. The third kappa shape index (κ3) is 3.93. The molecule has 0 spiro atoms. The minimum Gasteiger partial charge on any atom is -0.481 e. The van der Waals surface area contributed by atoms with Crippen LogP contribution in [-0.4, -0.2) is 45.0 Å². The van der Waals surface area contributed by atoms with E-state index in [1.54, 1.807) is 11.8 Å². The maximum absolute atomic E-state index is 12.6. The number of aryl methyl sites for hydroxylation is 1. The zero-order valence-corrected chi connectivity index (χ0v) is 21.0. The predicted octanol–water partition coefficient (Wildman–Crippen LogP) is 5.02. The number of rotatable bonds is 4. The second kappa shape index (κ2) is 9.24. The van der Waals surface area contributed by atoms with Crippen LogP contribution in [0.4, 0.5) is 10.5 Å². The molecular formula is C28H33N3O5. The van der Waals surface area contributed by atoms with Gasteiger partial charge in [-0.05, 0) is 63.6 Å². The van der Waals surface area contributed by atoms with Crippen LogP contribution in [0.5, 0.6) is 0 Å². The molecule has 4 atom stereocenters. The van der Waals surface area contributed by atoms with Crippen LogP contribution in [0.25, 0.3) is 11.0 Å². The Morgan fingerprint density at radius 2 is 1.86 bits per heavy atom. The molecular weight excluding hydrogens is 458 g/mol. The van der Waals surface area contributed by atoms with E-state index in [4.69, 9.17) is 9.72 Å². The molecule has 1 aliphatic heterocycles. The first kappa shape index (κ1) is 24.3. The Labute approximate surface area is 210 Å². The zero-order chi connectivity index (χ0) is 25.6. The van der Waals surface area contributed by atoms with Gasteiger partial charge >= 0.3 is 12.1 Å². The van der Waals surface area contributed by atoms with Crippen LogP contribution in [0.1, 0.15) is 68.9 Å². The number of anilines is 1. The number of benzene rings is 2. The number of aliphatic carboxylic acids is 1. The van der Waals surface area contributed by atoms with Crippen LogP contribution >= 0.6 is 0 Å². The molecule has 0 bridgehead atoms. The monoisotopic (exact) mass is 491 g/mol. The molecule has 1 aliphatic carbocycles. The van der Waals surface area contributed by atoms with E-state index in [1.165, 1.54) is 7.11 Å². The van der Waals surface area contributed by atoms with Crippen LogP contribution < -0.4 is 4.90 Å². The van der Waals surface area contributed by atoms with Gasteiger partial charge in [0.25, 0.3) is 0 Å². The van der Waals surface area contributed by atoms with Crippen molar-refractivity contribution in [2.24, 2.45) is 5.92 Å². The molecule has 36 heavy (non-hydrogen) atoms. The van der Waals surface area contributed by atoms with E-state index in [9.17, 15) is 19.8 Å². The maximum atomic E-state index is 12.6. The van der Waals surface area contributed by atoms with Gasteiger partial charge in [0.1, 0.15) is 11.4 Å². The minimum absolute atomic E-state index is 0.00829. The molecule has 8 nitrogen and oxygen atoms in total. The Kier molecular flexibility index (Phi) is 6.24. The number of hydrogen-bond acceptors (Lipinski definition) is 5. The highest BCUT2D eigenvalue weighted by atomic mass is 16.5. The minimum atomic E-state index is -1.40. The van der Waals surface area contributed by atoms with E-state index in [0.717, 1.165) is 48.0 Å². The molecule has 2 N–H and O–H groups in total. The second-order valence-electron chi connectivity index (χ2n) is 10.3. The Hall–Kier alpha value is -3.39. The van der Waals surface area contributed by atoms with E-state index < -0.39 is 23.6 Å². The molecule has 0 radical (unpaired) electrons. The van der Waals surface area contributed by atoms with Gasteiger partial charge in [0.2, 0.25) is 0 Å². The number of carbonyl (C=O) groups excluding carboxylic acids is 1. The molecule has 1 aromatic heterocycles. The van der Waals surface area contributed by atoms with Crippen molar-refractivity contribution in [3.63, 3.8) is 0 Å². The third-order valence-electron chi connectivity index (χ3n) is 7.96. The molecule has 0 saturated heterocycles. The number of nitrogens with zero attached hydrogens (tertiary/aromatic N) is 3. The lowest BCUT2D eigenvalue weighted by Crippen LogP contribution is -2.42. The van der Waals surface area contributed by atoms with E-state index in [0.29, 0.717) is 24.2 Å². The zero-order valence-electron chi connectivity index (χ0n) is 21.0. The molecule has 2 aromatic carbocycles. The van der Waals surface area contributed by atoms with Crippen molar-refractivity contribution in [3.05, 3.63) is 59.4 Å². The topological polar surface area (TPSA) is 105 Å². The fourth-order valence-corrected chi connectivity index (χ4v) is 6.00. The van der Waals surface area contributed by atoms with Crippen molar-refractivity contribution in [3.8, 4) is 0 Å². The van der Waals surface area contributed by atoms with E-state index in [2.05, 4.69) is 4.57 Å². The van der Waals surface area contributed by atoms with Gasteiger partial charge in [-0.1, -0.05) is 36.8 Å². The first-order valence-electron chi connectivity index (χ1n) is 12.7. The number of aliphatic hydroxyl groups is 1. The lowest BCUT2D eigenvalue weighted by molar-refractivity contribution is -0.143. The van der Waals surface area contributed by atoms with Crippen molar-refractivity contribution in [2.75, 3.05) is 12.0 Å². The summed E-state index contributed by atoms with van der Waals surface area (Å²) in [6.07, 6.45) is 3.86. The van der Waals surface area contributed by atoms with Crippen molar-refractivity contribution in [2.45, 2.75) is 70.1 Å². The number of carboxylic acid groups (broad SMARTS) is 1. The highest BCUT2D eigenvalue weighted by molar-refractivity contribution is 5.95. The Morgan fingerprint density at radius 1 is 1.11 bits per heavy atom. The van der Waals surface area contributed by atoms with Crippen molar-refractivity contribution >= 4 is 28.8 Å². The number of carbonyl (C=O) groups is 2. The van der Waals surface area contributed by atoms with Gasteiger partial charge in [-0.25, -0.2) is 9.78 Å². The quantitative estimate of drug-likeness (QED) is 0.531. The summed E-state index contributed by atoms with van der Waals surface area (Å²) in [5.41, 5.74) is 2.65. The van der Waals surface area contributed by atoms with Crippen molar-refractivity contribution < 1.29 is 24.5 Å². The number of methoxy groups -OCH3 is 1. The van der Waals surface area contributed by atoms with Crippen LogP contribution in [0.3, 0.4) is 0 Å². The van der Waals surface area contributed by atoms with Crippen LogP contribution in [0.15, 0.2) is 42.5 Å². The van der Waals surface area contributed by atoms with Gasteiger partial charge < -0.3 is 19.5 Å². The van der Waals surface area contributed by atoms with Crippen LogP contribution in [0.2, 0.25) is 0 Å². The largest absolute Gasteiger partial charge is 0.481 e. The summed E-state index contributed by atoms with van der Waals surface area (Å²) in [5, 5.41) is 21.6. The second-order valence-corrected chi connectivity index (χ2v) is 10.3. The molecule has 5 rings (SSSR count). The third-order valence-corrected chi connectivity index (χ3v) is 7.96. The summed E-state index contributed by atoms with van der Waals surface area (Å²) in [7, 11) is 1.38. The number of aromatic nitrogens is 2. The normalized spacial score (nSPS) is 23.7. The van der Waals surface area contributed by atoms with Gasteiger partial charge in [0.05, 0.1) is 29.7 Å². The summed E-state index contributed by atoms with van der Waals surface area (Å²) >= 11 is 0. The van der Waals surface area contributed by atoms with Crippen molar-refractivity contribution in [1.82, 2.24) is 9.55 Å². The SMILES string of the molecule is COC(=O)N1c2ccc3c(nc([C@](C)(O)c4ccccc4)n3[C@@H]3CCC[C@@H](C(=O)O)C3)c2CC[C@@H]1C. The van der Waals surface area contributed by atoms with Gasteiger partial charge in [0.15, 0.2) is 0 Å². The van der Waals surface area contributed by atoms with Gasteiger partial charge in [-0.15, -0.1) is 0 Å². The highest BCUT2D eigenvalue weighted by Crippen LogP contribution is 2.43. The lowest BCUT2D eigenvalue weighted by atomic mass is 9.85. The molecule has 2 aliphatic rings. The van der Waals surface area contributed by atoms with Gasteiger partial charge in [0, 0.05) is 17.6 Å². The van der Waals surface area contributed by atoms with Crippen LogP contribution in [-0.2, 0) is 21.6 Å². The molecule has 190 valence electrons. The molecule has 1 saturated carbocycles. The molecule has 3 aromatic rings. The number of fused-ring (bicyclic) bond motifs is 3. The summed E-state index contributed by atoms with van der Waals surface area (Å²) < 4.78 is 7.13. The molecule has 1 amide bonds. The Balaban J connectivity index is 1.73. The number of carboxylic acids is 1. The fourth-order valence-electron chi connectivity index (χ4n) is 6.00. The number of imidazole rings is 1. The van der Waals surface area contributed by atoms with Gasteiger partial charge in [-0.3, -0.25) is 9.69 Å². The molecule has 8 heteroatoms. The summed E-state index contributed by atoms with van der Waals surface area (Å²) in [6.45, 7) is 3.75. The summed E-state index contributed by atoms with van der Waals surface area (Å²) in [5.74, 6) is -0.707. The average Bonchev–Trinajstić information content (AvgIpc) is 3.29. The Bertz CT molecular complexity index is 1300. The van der Waals surface area contributed by atoms with Crippen molar-refractivity contribution in [1.29, 1.82) is 0 Å². The van der Waals surface area contributed by atoms with Gasteiger partial charge in [-0.2, -0.15) is 0 Å². The Morgan fingerprint density at radius 3 is 2.56 bits per heavy atom. The summed E-state index contributed by atoms with van der Waals surface area (Å²) in [6, 6.07) is 13.2. The highest BCUT2D eigenvalue weighted by Gasteiger charge is 2.39. The van der Waals surface area contributed by atoms with E-state index >= 15 is 0 Å². The molecule has 0 unspecified atom stereocenters. The predicted molar refractivity (Wildman–Crippen MR) is 136 cm³/mol.